The molecule has 5 rings (SSSR count). The number of amides is 1. The van der Waals surface area contributed by atoms with Crippen molar-refractivity contribution in [2.24, 2.45) is 17.8 Å². The first-order chi connectivity index (χ1) is 16.8. The van der Waals surface area contributed by atoms with E-state index < -0.39 is 12.5 Å². The molecular weight excluding hydrogens is 459 g/mol. The number of aromatic nitrogens is 1. The van der Waals surface area contributed by atoms with Gasteiger partial charge in [-0.1, -0.05) is 37.3 Å². The van der Waals surface area contributed by atoms with E-state index in [1.165, 1.54) is 18.2 Å². The third-order valence-electron chi connectivity index (χ3n) is 6.85. The number of hydrogen-bond acceptors (Lipinski definition) is 5. The first-order valence-electron chi connectivity index (χ1n) is 11.7. The summed E-state index contributed by atoms with van der Waals surface area (Å²) in [5.74, 6) is 1.28. The number of rotatable bonds is 7. The summed E-state index contributed by atoms with van der Waals surface area (Å²) in [4.78, 5) is 21.6. The fourth-order valence-electron chi connectivity index (χ4n) is 5.04. The number of pyridine rings is 1. The van der Waals surface area contributed by atoms with Crippen LogP contribution in [0.2, 0.25) is 0 Å². The molecule has 6 nitrogen and oxygen atoms in total. The predicted molar refractivity (Wildman–Crippen MR) is 124 cm³/mol. The molecule has 3 aromatic rings. The van der Waals surface area contributed by atoms with E-state index in [9.17, 15) is 18.0 Å². The SMILES string of the molecule is CCN1CC2C(C1)C2CN(Cc1cccc(OC(F)(F)F)c1)C(=O)Oc1ccc2ccccc2n1. The van der Waals surface area contributed by atoms with Gasteiger partial charge >= 0.3 is 12.5 Å². The second kappa shape index (κ2) is 9.37. The number of likely N-dealkylation sites (tertiary alicyclic amines) is 1. The Labute approximate surface area is 201 Å². The highest BCUT2D eigenvalue weighted by Gasteiger charge is 2.55. The van der Waals surface area contributed by atoms with E-state index in [4.69, 9.17) is 4.74 Å². The van der Waals surface area contributed by atoms with Gasteiger partial charge in [-0.3, -0.25) is 0 Å². The topological polar surface area (TPSA) is 54.9 Å². The molecule has 2 unspecified atom stereocenters. The standard InChI is InChI=1S/C26H26F3N3O3/c1-2-31-14-20-21(15-31)22(20)16-32(13-17-6-5-8-19(12-17)35-26(27,28)29)25(33)34-24-11-10-18-7-3-4-9-23(18)30-24/h3-12,20-22H,2,13-16H2,1H3. The van der Waals surface area contributed by atoms with Crippen LogP contribution in [-0.2, 0) is 6.54 Å². The van der Waals surface area contributed by atoms with Crippen molar-refractivity contribution < 1.29 is 27.4 Å². The van der Waals surface area contributed by atoms with Crippen molar-refractivity contribution in [3.05, 3.63) is 66.2 Å². The fourth-order valence-corrected chi connectivity index (χ4v) is 5.04. The lowest BCUT2D eigenvalue weighted by Crippen LogP contribution is -2.37. The van der Waals surface area contributed by atoms with Crippen LogP contribution in [-0.4, -0.2) is 53.4 Å². The molecule has 1 aromatic heterocycles. The van der Waals surface area contributed by atoms with Crippen LogP contribution in [0.4, 0.5) is 18.0 Å². The van der Waals surface area contributed by atoms with Gasteiger partial charge in [-0.25, -0.2) is 9.78 Å². The van der Waals surface area contributed by atoms with Crippen LogP contribution >= 0.6 is 0 Å². The molecule has 0 N–H and O–H groups in total. The number of fused-ring (bicyclic) bond motifs is 2. The predicted octanol–water partition coefficient (Wildman–Crippen LogP) is 5.33. The summed E-state index contributed by atoms with van der Waals surface area (Å²) in [6.07, 6.45) is -5.36. The average molecular weight is 486 g/mol. The Bertz CT molecular complexity index is 1210. The Hall–Kier alpha value is -3.33. The maximum Gasteiger partial charge on any atom is 0.573 e. The highest BCUT2D eigenvalue weighted by atomic mass is 19.4. The molecule has 0 spiro atoms. The lowest BCUT2D eigenvalue weighted by molar-refractivity contribution is -0.274. The average Bonchev–Trinajstić information content (AvgIpc) is 3.25. The number of carbonyl (C=O) groups excluding carboxylic acids is 1. The second-order valence-electron chi connectivity index (χ2n) is 9.13. The molecule has 2 atom stereocenters. The van der Waals surface area contributed by atoms with Crippen LogP contribution in [0, 0.1) is 17.8 Å². The molecule has 184 valence electrons. The van der Waals surface area contributed by atoms with Crippen molar-refractivity contribution >= 4 is 17.0 Å². The van der Waals surface area contributed by atoms with Gasteiger partial charge in [0, 0.05) is 37.6 Å². The van der Waals surface area contributed by atoms with Crippen molar-refractivity contribution in [2.45, 2.75) is 19.8 Å². The minimum Gasteiger partial charge on any atom is -0.406 e. The molecule has 1 aliphatic heterocycles. The van der Waals surface area contributed by atoms with Crippen LogP contribution < -0.4 is 9.47 Å². The molecule has 1 saturated heterocycles. The minimum atomic E-state index is -4.78. The largest absolute Gasteiger partial charge is 0.573 e. The number of ether oxygens (including phenoxy) is 2. The zero-order chi connectivity index (χ0) is 24.6. The summed E-state index contributed by atoms with van der Waals surface area (Å²) in [5.41, 5.74) is 1.23. The molecule has 1 aliphatic carbocycles. The molecule has 2 fully saturated rings. The molecule has 0 bridgehead atoms. The van der Waals surface area contributed by atoms with Gasteiger partial charge < -0.3 is 19.3 Å². The van der Waals surface area contributed by atoms with Gasteiger partial charge in [-0.15, -0.1) is 13.2 Å². The quantitative estimate of drug-likeness (QED) is 0.453. The van der Waals surface area contributed by atoms with Gasteiger partial charge in [0.15, 0.2) is 0 Å². The lowest BCUT2D eigenvalue weighted by Gasteiger charge is -2.24. The molecule has 2 aromatic carbocycles. The Morgan fingerprint density at radius 2 is 1.86 bits per heavy atom. The summed E-state index contributed by atoms with van der Waals surface area (Å²) in [6, 6.07) is 16.7. The van der Waals surface area contributed by atoms with Crippen molar-refractivity contribution in [1.82, 2.24) is 14.8 Å². The van der Waals surface area contributed by atoms with Crippen molar-refractivity contribution in [3.63, 3.8) is 0 Å². The summed E-state index contributed by atoms with van der Waals surface area (Å²) < 4.78 is 47.7. The zero-order valence-corrected chi connectivity index (χ0v) is 19.2. The maximum absolute atomic E-state index is 13.2. The summed E-state index contributed by atoms with van der Waals surface area (Å²) in [6.45, 7) is 5.74. The molecule has 1 saturated carbocycles. The summed E-state index contributed by atoms with van der Waals surface area (Å²) in [7, 11) is 0. The number of carbonyl (C=O) groups is 1. The van der Waals surface area contributed by atoms with E-state index in [1.54, 1.807) is 17.0 Å². The van der Waals surface area contributed by atoms with Crippen LogP contribution in [0.25, 0.3) is 10.9 Å². The molecule has 35 heavy (non-hydrogen) atoms. The number of hydrogen-bond donors (Lipinski definition) is 0. The van der Waals surface area contributed by atoms with E-state index in [0.29, 0.717) is 35.4 Å². The normalized spacial score (nSPS) is 21.5. The number of alkyl halides is 3. The van der Waals surface area contributed by atoms with E-state index in [2.05, 4.69) is 21.5 Å². The van der Waals surface area contributed by atoms with Crippen LogP contribution in [0.3, 0.4) is 0 Å². The van der Waals surface area contributed by atoms with Gasteiger partial charge in [-0.05, 0) is 54.1 Å². The van der Waals surface area contributed by atoms with E-state index >= 15 is 0 Å². The van der Waals surface area contributed by atoms with E-state index in [1.807, 2.05) is 30.3 Å². The van der Waals surface area contributed by atoms with Gasteiger partial charge in [0.25, 0.3) is 0 Å². The lowest BCUT2D eigenvalue weighted by atomic mass is 10.2. The molecule has 9 heteroatoms. The van der Waals surface area contributed by atoms with Crippen LogP contribution in [0.15, 0.2) is 60.7 Å². The van der Waals surface area contributed by atoms with Gasteiger partial charge in [-0.2, -0.15) is 0 Å². The third kappa shape index (κ3) is 5.51. The van der Waals surface area contributed by atoms with Gasteiger partial charge in [0.2, 0.25) is 5.88 Å². The highest BCUT2D eigenvalue weighted by Crippen LogP contribution is 2.52. The molecule has 2 aliphatic rings. The van der Waals surface area contributed by atoms with Crippen molar-refractivity contribution in [3.8, 4) is 11.6 Å². The summed E-state index contributed by atoms with van der Waals surface area (Å²) in [5, 5.41) is 0.928. The Kier molecular flexibility index (Phi) is 6.27. The number of benzene rings is 2. The van der Waals surface area contributed by atoms with Crippen molar-refractivity contribution in [1.29, 1.82) is 0 Å². The first-order valence-corrected chi connectivity index (χ1v) is 11.7. The third-order valence-corrected chi connectivity index (χ3v) is 6.85. The van der Waals surface area contributed by atoms with Gasteiger partial charge in [0.1, 0.15) is 5.75 Å². The summed E-state index contributed by atoms with van der Waals surface area (Å²) >= 11 is 0. The molecular formula is C26H26F3N3O3. The van der Waals surface area contributed by atoms with Gasteiger partial charge in [0.05, 0.1) is 5.52 Å². The number of para-hydroxylation sites is 1. The maximum atomic E-state index is 13.2. The Morgan fingerprint density at radius 3 is 2.60 bits per heavy atom. The first kappa shape index (κ1) is 23.4. The molecule has 1 amide bonds. The van der Waals surface area contributed by atoms with E-state index in [0.717, 1.165) is 25.0 Å². The Balaban J connectivity index is 1.32. The second-order valence-corrected chi connectivity index (χ2v) is 9.13. The Morgan fingerprint density at radius 1 is 1.09 bits per heavy atom. The smallest absolute Gasteiger partial charge is 0.406 e. The van der Waals surface area contributed by atoms with Crippen LogP contribution in [0.1, 0.15) is 12.5 Å². The fraction of sp³-hybridized carbons (Fsp3) is 0.385. The number of piperidine rings is 1. The zero-order valence-electron chi connectivity index (χ0n) is 19.2. The number of nitrogens with zero attached hydrogens (tertiary/aromatic N) is 3. The molecule has 0 radical (unpaired) electrons. The van der Waals surface area contributed by atoms with Crippen molar-refractivity contribution in [2.75, 3.05) is 26.2 Å². The van der Waals surface area contributed by atoms with E-state index in [-0.39, 0.29) is 18.2 Å². The number of halogens is 3. The monoisotopic (exact) mass is 485 g/mol. The highest BCUT2D eigenvalue weighted by molar-refractivity contribution is 5.79. The minimum absolute atomic E-state index is 0.106. The van der Waals surface area contributed by atoms with Crippen LogP contribution in [0.5, 0.6) is 11.6 Å². The molecule has 2 heterocycles.